The van der Waals surface area contributed by atoms with Crippen molar-refractivity contribution >= 4 is 23.2 Å². The van der Waals surface area contributed by atoms with Crippen LogP contribution in [0.2, 0.25) is 5.02 Å². The molecule has 0 aliphatic carbocycles. The predicted molar refractivity (Wildman–Crippen MR) is 77.0 cm³/mol. The fourth-order valence-corrected chi connectivity index (χ4v) is 2.04. The quantitative estimate of drug-likeness (QED) is 0.816. The van der Waals surface area contributed by atoms with E-state index < -0.39 is 0 Å². The predicted octanol–water partition coefficient (Wildman–Crippen LogP) is 3.91. The van der Waals surface area contributed by atoms with E-state index in [1.54, 1.807) is 43.3 Å². The second-order valence-corrected chi connectivity index (χ2v) is 4.85. The zero-order chi connectivity index (χ0) is 14.0. The number of halogens is 1. The van der Waals surface area contributed by atoms with Gasteiger partial charge in [0, 0.05) is 16.3 Å². The van der Waals surface area contributed by atoms with E-state index in [1.807, 2.05) is 6.92 Å². The third-order valence-corrected chi connectivity index (χ3v) is 3.12. The summed E-state index contributed by atoms with van der Waals surface area (Å²) in [5.41, 5.74) is 2.76. The maximum Gasteiger partial charge on any atom is 0.255 e. The Morgan fingerprint density at radius 3 is 2.47 bits per heavy atom. The Labute approximate surface area is 116 Å². The summed E-state index contributed by atoms with van der Waals surface area (Å²) in [6, 6.07) is 10.1. The number of hydrogen-bond acceptors (Lipinski definition) is 2. The number of phenols is 1. The minimum absolute atomic E-state index is 0.195. The molecule has 0 aliphatic rings. The van der Waals surface area contributed by atoms with Crippen molar-refractivity contribution in [1.82, 2.24) is 0 Å². The number of carbonyl (C=O) groups excluding carboxylic acids is 1. The molecule has 0 fully saturated rings. The van der Waals surface area contributed by atoms with Gasteiger partial charge < -0.3 is 10.4 Å². The highest BCUT2D eigenvalue weighted by Crippen LogP contribution is 2.21. The van der Waals surface area contributed by atoms with Crippen molar-refractivity contribution in [3.05, 3.63) is 58.1 Å². The number of rotatable bonds is 2. The van der Waals surface area contributed by atoms with Gasteiger partial charge in [-0.05, 0) is 61.4 Å². The van der Waals surface area contributed by atoms with E-state index in [2.05, 4.69) is 5.32 Å². The van der Waals surface area contributed by atoms with Gasteiger partial charge in [-0.2, -0.15) is 0 Å². The van der Waals surface area contributed by atoms with Crippen LogP contribution in [0.15, 0.2) is 36.4 Å². The van der Waals surface area contributed by atoms with E-state index in [9.17, 15) is 9.90 Å². The van der Waals surface area contributed by atoms with Crippen LogP contribution in [0, 0.1) is 13.8 Å². The van der Waals surface area contributed by atoms with Gasteiger partial charge in [-0.3, -0.25) is 4.79 Å². The zero-order valence-electron chi connectivity index (χ0n) is 10.7. The van der Waals surface area contributed by atoms with E-state index in [-0.39, 0.29) is 11.7 Å². The van der Waals surface area contributed by atoms with E-state index in [0.717, 1.165) is 5.56 Å². The van der Waals surface area contributed by atoms with Crippen molar-refractivity contribution in [3.8, 4) is 5.75 Å². The lowest BCUT2D eigenvalue weighted by Gasteiger charge is -2.09. The van der Waals surface area contributed by atoms with E-state index in [1.165, 1.54) is 0 Å². The molecular formula is C15H14ClNO2. The molecule has 2 aromatic carbocycles. The SMILES string of the molecule is Cc1cc(NC(=O)c2ccc(Cl)cc2C)ccc1O. The number of aromatic hydroxyl groups is 1. The normalized spacial score (nSPS) is 10.3. The first-order chi connectivity index (χ1) is 8.97. The smallest absolute Gasteiger partial charge is 0.255 e. The van der Waals surface area contributed by atoms with Crippen LogP contribution in [0.5, 0.6) is 5.75 Å². The molecule has 2 aromatic rings. The third-order valence-electron chi connectivity index (χ3n) is 2.89. The molecule has 2 rings (SSSR count). The lowest BCUT2D eigenvalue weighted by molar-refractivity contribution is 0.102. The average Bonchev–Trinajstić information content (AvgIpc) is 2.33. The van der Waals surface area contributed by atoms with Gasteiger partial charge in [-0.25, -0.2) is 0 Å². The first kappa shape index (κ1) is 13.4. The molecule has 0 saturated heterocycles. The summed E-state index contributed by atoms with van der Waals surface area (Å²) in [6.45, 7) is 3.61. The molecule has 1 amide bonds. The van der Waals surface area contributed by atoms with Crippen molar-refractivity contribution in [2.75, 3.05) is 5.32 Å². The van der Waals surface area contributed by atoms with Crippen LogP contribution >= 0.6 is 11.6 Å². The van der Waals surface area contributed by atoms with Gasteiger partial charge in [0.1, 0.15) is 5.75 Å². The molecule has 2 N–H and O–H groups in total. The monoisotopic (exact) mass is 275 g/mol. The molecule has 0 spiro atoms. The maximum absolute atomic E-state index is 12.1. The van der Waals surface area contributed by atoms with Crippen molar-refractivity contribution in [3.63, 3.8) is 0 Å². The molecule has 19 heavy (non-hydrogen) atoms. The number of nitrogens with one attached hydrogen (secondary N) is 1. The van der Waals surface area contributed by atoms with Crippen LogP contribution in [0.4, 0.5) is 5.69 Å². The van der Waals surface area contributed by atoms with Crippen molar-refractivity contribution in [2.45, 2.75) is 13.8 Å². The molecule has 4 heteroatoms. The van der Waals surface area contributed by atoms with Gasteiger partial charge in [0.05, 0.1) is 0 Å². The summed E-state index contributed by atoms with van der Waals surface area (Å²) in [7, 11) is 0. The largest absolute Gasteiger partial charge is 0.508 e. The molecular weight excluding hydrogens is 262 g/mol. The maximum atomic E-state index is 12.1. The van der Waals surface area contributed by atoms with Crippen molar-refractivity contribution < 1.29 is 9.90 Å². The molecule has 0 aliphatic heterocycles. The van der Waals surface area contributed by atoms with Crippen LogP contribution < -0.4 is 5.32 Å². The summed E-state index contributed by atoms with van der Waals surface area (Å²) >= 11 is 5.86. The van der Waals surface area contributed by atoms with Gasteiger partial charge in [0.2, 0.25) is 0 Å². The van der Waals surface area contributed by atoms with Gasteiger partial charge in [-0.15, -0.1) is 0 Å². The lowest BCUT2D eigenvalue weighted by atomic mass is 10.1. The Kier molecular flexibility index (Phi) is 3.76. The molecule has 0 heterocycles. The molecule has 3 nitrogen and oxygen atoms in total. The van der Waals surface area contributed by atoms with E-state index in [0.29, 0.717) is 21.8 Å². The standard InChI is InChI=1S/C15H14ClNO2/c1-9-7-11(16)3-5-13(9)15(19)17-12-4-6-14(18)10(2)8-12/h3-8,18H,1-2H3,(H,17,19). The Hall–Kier alpha value is -2.00. The van der Waals surface area contributed by atoms with Gasteiger partial charge in [-0.1, -0.05) is 11.6 Å². The number of benzene rings is 2. The van der Waals surface area contributed by atoms with Gasteiger partial charge in [0.15, 0.2) is 0 Å². The van der Waals surface area contributed by atoms with Crippen LogP contribution in [-0.4, -0.2) is 11.0 Å². The molecule has 0 radical (unpaired) electrons. The Bertz CT molecular complexity index is 638. The average molecular weight is 276 g/mol. The van der Waals surface area contributed by atoms with E-state index in [4.69, 9.17) is 11.6 Å². The van der Waals surface area contributed by atoms with Crippen LogP contribution in [0.3, 0.4) is 0 Å². The zero-order valence-corrected chi connectivity index (χ0v) is 11.5. The number of aryl methyl sites for hydroxylation is 2. The first-order valence-corrected chi connectivity index (χ1v) is 6.22. The Balaban J connectivity index is 2.23. The topological polar surface area (TPSA) is 49.3 Å². The molecule has 0 aromatic heterocycles. The third kappa shape index (κ3) is 3.06. The Morgan fingerprint density at radius 1 is 1.11 bits per heavy atom. The van der Waals surface area contributed by atoms with Crippen molar-refractivity contribution in [2.24, 2.45) is 0 Å². The minimum atomic E-state index is -0.195. The minimum Gasteiger partial charge on any atom is -0.508 e. The molecule has 0 unspecified atom stereocenters. The summed E-state index contributed by atoms with van der Waals surface area (Å²) in [5.74, 6) is 0.0138. The Morgan fingerprint density at radius 2 is 1.84 bits per heavy atom. The molecule has 0 atom stereocenters. The van der Waals surface area contributed by atoms with Crippen LogP contribution in [-0.2, 0) is 0 Å². The van der Waals surface area contributed by atoms with Crippen LogP contribution in [0.1, 0.15) is 21.5 Å². The fraction of sp³-hybridized carbons (Fsp3) is 0.133. The lowest BCUT2D eigenvalue weighted by Crippen LogP contribution is -2.13. The number of hydrogen-bond donors (Lipinski definition) is 2. The summed E-state index contributed by atoms with van der Waals surface area (Å²) in [4.78, 5) is 12.1. The number of carbonyl (C=O) groups is 1. The van der Waals surface area contributed by atoms with Gasteiger partial charge >= 0.3 is 0 Å². The highest BCUT2D eigenvalue weighted by Gasteiger charge is 2.10. The van der Waals surface area contributed by atoms with Gasteiger partial charge in [0.25, 0.3) is 5.91 Å². The number of anilines is 1. The summed E-state index contributed by atoms with van der Waals surface area (Å²) < 4.78 is 0. The summed E-state index contributed by atoms with van der Waals surface area (Å²) in [5, 5.41) is 12.8. The fourth-order valence-electron chi connectivity index (χ4n) is 1.81. The number of amides is 1. The highest BCUT2D eigenvalue weighted by molar-refractivity contribution is 6.30. The molecule has 0 saturated carbocycles. The molecule has 98 valence electrons. The molecule has 0 bridgehead atoms. The van der Waals surface area contributed by atoms with Crippen molar-refractivity contribution in [1.29, 1.82) is 0 Å². The summed E-state index contributed by atoms with van der Waals surface area (Å²) in [6.07, 6.45) is 0. The second-order valence-electron chi connectivity index (χ2n) is 4.41. The van der Waals surface area contributed by atoms with E-state index >= 15 is 0 Å². The highest BCUT2D eigenvalue weighted by atomic mass is 35.5. The number of phenolic OH excluding ortho intramolecular Hbond substituents is 1. The van der Waals surface area contributed by atoms with Crippen LogP contribution in [0.25, 0.3) is 0 Å². The second kappa shape index (κ2) is 5.33. The first-order valence-electron chi connectivity index (χ1n) is 5.84.